The van der Waals surface area contributed by atoms with Crippen LogP contribution < -0.4 is 0 Å². The maximum atomic E-state index is 13.3. The number of hydrogen-bond donors (Lipinski definition) is 6. The molecule has 33 heavy (non-hydrogen) atoms. The second-order valence-electron chi connectivity index (χ2n) is 7.80. The van der Waals surface area contributed by atoms with Gasteiger partial charge < -0.3 is 40.1 Å². The molecule has 6 N–H and O–H groups in total. The van der Waals surface area contributed by atoms with Crippen LogP contribution in [0.3, 0.4) is 0 Å². The monoisotopic (exact) mass is 480 g/mol. The Kier molecular flexibility index (Phi) is 6.37. The molecule has 188 valence electrons. The Hall–Kier alpha value is -2.51. The summed E-state index contributed by atoms with van der Waals surface area (Å²) < 4.78 is 9.94. The normalized spacial score (nSPS) is 37.2. The third-order valence-electron chi connectivity index (χ3n) is 5.88. The molecule has 0 aliphatic carbocycles. The van der Waals surface area contributed by atoms with E-state index in [0.29, 0.717) is 9.80 Å². The zero-order valence-electron chi connectivity index (χ0n) is 18.4. The molecule has 3 fully saturated rings. The molecule has 0 spiro atoms. The number of amides is 6. The van der Waals surface area contributed by atoms with Crippen molar-refractivity contribution >= 4 is 18.1 Å². The molecule has 3 aliphatic heterocycles. The van der Waals surface area contributed by atoms with Crippen LogP contribution in [0.2, 0.25) is 0 Å². The molecule has 3 rings (SSSR count). The van der Waals surface area contributed by atoms with E-state index in [1.54, 1.807) is 0 Å². The molecule has 0 aromatic heterocycles. The van der Waals surface area contributed by atoms with Crippen LogP contribution in [0.1, 0.15) is 20.8 Å². The van der Waals surface area contributed by atoms with Crippen LogP contribution in [-0.4, -0.2) is 142 Å². The predicted molar refractivity (Wildman–Crippen MR) is 101 cm³/mol. The average molecular weight is 480 g/mol. The Labute approximate surface area is 187 Å². The molecule has 0 aromatic rings. The van der Waals surface area contributed by atoms with Gasteiger partial charge in [0.15, 0.2) is 24.9 Å². The third-order valence-corrected chi connectivity index (χ3v) is 5.88. The van der Waals surface area contributed by atoms with Crippen molar-refractivity contribution in [2.24, 2.45) is 0 Å². The fraction of sp³-hybridized carbons (Fsp3) is 0.812. The van der Waals surface area contributed by atoms with E-state index < -0.39 is 67.4 Å². The molecular weight excluding hydrogens is 452 g/mol. The summed E-state index contributed by atoms with van der Waals surface area (Å²) in [5.74, 6) is 0. The SMILES string of the molecule is COC(C)N1C(=O)N(N2C(=O)N(N3C(=O)N(C(C)OC)C(O)C3O)C(C)(O)C2O)C(O)C1O. The molecule has 6 amide bonds. The highest BCUT2D eigenvalue weighted by atomic mass is 16.5. The number of carbonyl (C=O) groups is 3. The first-order valence-electron chi connectivity index (χ1n) is 9.80. The van der Waals surface area contributed by atoms with Crippen LogP contribution in [0.15, 0.2) is 0 Å². The van der Waals surface area contributed by atoms with E-state index >= 15 is 0 Å². The van der Waals surface area contributed by atoms with Crippen molar-refractivity contribution in [3.8, 4) is 0 Å². The number of methoxy groups -OCH3 is 2. The summed E-state index contributed by atoms with van der Waals surface area (Å²) in [6.45, 7) is 3.63. The van der Waals surface area contributed by atoms with Gasteiger partial charge in [-0.3, -0.25) is 9.80 Å². The molecule has 8 unspecified atom stereocenters. The molecular formula is C16H28N6O11. The molecule has 3 heterocycles. The predicted octanol–water partition coefficient (Wildman–Crippen LogP) is -3.69. The number of hydrogen-bond acceptors (Lipinski definition) is 11. The summed E-state index contributed by atoms with van der Waals surface area (Å²) in [4.78, 5) is 40.3. The van der Waals surface area contributed by atoms with Crippen molar-refractivity contribution < 1.29 is 54.5 Å². The minimum Gasteiger partial charge on any atom is -0.369 e. The minimum absolute atomic E-state index is 0.216. The highest BCUT2D eigenvalue weighted by molar-refractivity contribution is 5.87. The minimum atomic E-state index is -2.66. The van der Waals surface area contributed by atoms with Gasteiger partial charge in [-0.2, -0.15) is 20.0 Å². The van der Waals surface area contributed by atoms with Gasteiger partial charge in [-0.25, -0.2) is 14.4 Å². The van der Waals surface area contributed by atoms with E-state index in [0.717, 1.165) is 6.92 Å². The van der Waals surface area contributed by atoms with Crippen LogP contribution in [0.4, 0.5) is 14.4 Å². The fourth-order valence-electron chi connectivity index (χ4n) is 3.88. The molecule has 17 heteroatoms. The van der Waals surface area contributed by atoms with Crippen molar-refractivity contribution in [3.63, 3.8) is 0 Å². The smallest absolute Gasteiger partial charge is 0.363 e. The van der Waals surface area contributed by atoms with E-state index in [9.17, 15) is 45.0 Å². The van der Waals surface area contributed by atoms with Gasteiger partial charge in [0.1, 0.15) is 12.5 Å². The van der Waals surface area contributed by atoms with Crippen molar-refractivity contribution in [1.82, 2.24) is 29.8 Å². The van der Waals surface area contributed by atoms with Crippen molar-refractivity contribution in [3.05, 3.63) is 0 Å². The van der Waals surface area contributed by atoms with E-state index in [1.165, 1.54) is 28.1 Å². The number of aliphatic hydroxyl groups excluding tert-OH is 5. The molecule has 0 bridgehead atoms. The van der Waals surface area contributed by atoms with Crippen molar-refractivity contribution in [1.29, 1.82) is 0 Å². The summed E-state index contributed by atoms with van der Waals surface area (Å²) in [5, 5.41) is 64.0. The Balaban J connectivity index is 1.99. The first-order chi connectivity index (χ1) is 15.2. The topological polar surface area (TPSA) is 210 Å². The number of nitrogens with zero attached hydrogens (tertiary/aromatic N) is 6. The van der Waals surface area contributed by atoms with Crippen molar-refractivity contribution in [2.75, 3.05) is 14.2 Å². The van der Waals surface area contributed by atoms with Crippen LogP contribution in [0.25, 0.3) is 0 Å². The lowest BCUT2D eigenvalue weighted by Crippen LogP contribution is -2.60. The molecule has 17 nitrogen and oxygen atoms in total. The largest absolute Gasteiger partial charge is 0.369 e. The summed E-state index contributed by atoms with van der Waals surface area (Å²) >= 11 is 0. The van der Waals surface area contributed by atoms with Gasteiger partial charge in [0.05, 0.1) is 0 Å². The standard InChI is InChI=1S/C16H28N6O11/c1-6(32-4)17-8(23)10(25)19(13(17)28)21-12(27)16(3,31)22(15(21)30)20-11(26)9(24)18(14(20)29)7(2)33-5/h6-12,23-27,31H,1-5H3. The van der Waals surface area contributed by atoms with Gasteiger partial charge in [-0.15, -0.1) is 0 Å². The van der Waals surface area contributed by atoms with E-state index in [4.69, 9.17) is 9.47 Å². The molecule has 3 aliphatic rings. The van der Waals surface area contributed by atoms with Crippen LogP contribution in [0.5, 0.6) is 0 Å². The summed E-state index contributed by atoms with van der Waals surface area (Å²) in [6.07, 6.45) is -12.3. The second-order valence-corrected chi connectivity index (χ2v) is 7.80. The van der Waals surface area contributed by atoms with E-state index in [-0.39, 0.29) is 20.0 Å². The lowest BCUT2D eigenvalue weighted by atomic mass is 10.2. The number of carbonyl (C=O) groups excluding carboxylic acids is 3. The van der Waals surface area contributed by atoms with Crippen molar-refractivity contribution in [2.45, 2.75) is 70.1 Å². The number of rotatable bonds is 6. The lowest BCUT2D eigenvalue weighted by Gasteiger charge is -2.36. The maximum Gasteiger partial charge on any atom is 0.363 e. The maximum absolute atomic E-state index is 13.3. The quantitative estimate of drug-likeness (QED) is 0.218. The average Bonchev–Trinajstić information content (AvgIpc) is 3.18. The number of ether oxygens (including phenoxy) is 2. The zero-order chi connectivity index (χ0) is 25.2. The molecule has 0 aromatic carbocycles. The van der Waals surface area contributed by atoms with Gasteiger partial charge >= 0.3 is 18.1 Å². The summed E-state index contributed by atoms with van der Waals surface area (Å²) in [5.41, 5.74) is -2.66. The van der Waals surface area contributed by atoms with Gasteiger partial charge in [-0.05, 0) is 20.8 Å². The Morgan fingerprint density at radius 2 is 1.12 bits per heavy atom. The van der Waals surface area contributed by atoms with Crippen LogP contribution >= 0.6 is 0 Å². The van der Waals surface area contributed by atoms with E-state index in [2.05, 4.69) is 0 Å². The zero-order valence-corrected chi connectivity index (χ0v) is 18.4. The Morgan fingerprint density at radius 3 is 1.55 bits per heavy atom. The fourth-order valence-corrected chi connectivity index (χ4v) is 3.88. The number of hydrazine groups is 2. The molecule has 8 atom stereocenters. The van der Waals surface area contributed by atoms with Gasteiger partial charge in [0, 0.05) is 14.2 Å². The first-order valence-corrected chi connectivity index (χ1v) is 9.80. The van der Waals surface area contributed by atoms with Crippen LogP contribution in [-0.2, 0) is 9.47 Å². The highest BCUT2D eigenvalue weighted by Crippen LogP contribution is 2.39. The van der Waals surface area contributed by atoms with Gasteiger partial charge in [-0.1, -0.05) is 0 Å². The third kappa shape index (κ3) is 3.36. The Bertz CT molecular complexity index is 816. The highest BCUT2D eigenvalue weighted by Gasteiger charge is 2.66. The molecule has 0 radical (unpaired) electrons. The lowest BCUT2D eigenvalue weighted by molar-refractivity contribution is -0.234. The number of aliphatic hydroxyl groups is 6. The second kappa shape index (κ2) is 8.37. The van der Waals surface area contributed by atoms with Gasteiger partial charge in [0.25, 0.3) is 0 Å². The summed E-state index contributed by atoms with van der Waals surface area (Å²) in [7, 11) is 2.45. The van der Waals surface area contributed by atoms with Crippen LogP contribution in [0, 0.1) is 0 Å². The van der Waals surface area contributed by atoms with Gasteiger partial charge in [0.2, 0.25) is 12.0 Å². The number of urea groups is 3. The summed E-state index contributed by atoms with van der Waals surface area (Å²) in [6, 6.07) is -3.78. The Morgan fingerprint density at radius 1 is 0.727 bits per heavy atom. The first kappa shape index (κ1) is 25.1. The van der Waals surface area contributed by atoms with E-state index in [1.807, 2.05) is 0 Å². The molecule has 0 saturated carbocycles. The molecule has 3 saturated heterocycles.